The van der Waals surface area contributed by atoms with E-state index in [1.807, 2.05) is 19.9 Å². The molecule has 1 aliphatic rings. The topological polar surface area (TPSA) is 71.8 Å². The Kier molecular flexibility index (Phi) is 7.05. The van der Waals surface area contributed by atoms with Crippen molar-refractivity contribution in [2.75, 3.05) is 29.9 Å². The molecule has 0 spiro atoms. The molecule has 0 aliphatic carbocycles. The summed E-state index contributed by atoms with van der Waals surface area (Å²) >= 11 is 0. The summed E-state index contributed by atoms with van der Waals surface area (Å²) in [5, 5.41) is 3.70. The molecule has 0 radical (unpaired) electrons. The van der Waals surface area contributed by atoms with Gasteiger partial charge in [0.25, 0.3) is 5.92 Å². The van der Waals surface area contributed by atoms with Crippen LogP contribution in [-0.4, -0.2) is 46.0 Å². The number of nitrogens with one attached hydrogen (secondary N) is 1. The number of carbonyl (C=O) groups is 1. The number of esters is 1. The molecular formula is C28H28F5N5O2. The molecule has 0 amide bonds. The number of halogens is 5. The first-order valence-corrected chi connectivity index (χ1v) is 12.9. The normalized spacial score (nSPS) is 16.4. The second-order valence-electron chi connectivity index (χ2n) is 9.95. The Labute approximate surface area is 227 Å². The van der Waals surface area contributed by atoms with Crippen molar-refractivity contribution >= 4 is 34.2 Å². The van der Waals surface area contributed by atoms with Crippen LogP contribution in [0.15, 0.2) is 42.6 Å². The van der Waals surface area contributed by atoms with E-state index in [4.69, 9.17) is 9.72 Å². The van der Waals surface area contributed by atoms with E-state index in [1.165, 1.54) is 4.40 Å². The molecule has 5 rings (SSSR count). The van der Waals surface area contributed by atoms with Crippen molar-refractivity contribution in [1.29, 1.82) is 0 Å². The number of hydrogen-bond acceptors (Lipinski definition) is 6. The summed E-state index contributed by atoms with van der Waals surface area (Å²) in [5.74, 6) is -3.22. The Bertz CT molecular complexity index is 1570. The van der Waals surface area contributed by atoms with E-state index in [0.717, 1.165) is 11.8 Å². The molecule has 7 nitrogen and oxygen atoms in total. The predicted molar refractivity (Wildman–Crippen MR) is 141 cm³/mol. The number of anilines is 2. The van der Waals surface area contributed by atoms with Gasteiger partial charge in [-0.15, -0.1) is 0 Å². The Morgan fingerprint density at radius 2 is 1.85 bits per heavy atom. The zero-order valence-corrected chi connectivity index (χ0v) is 22.1. The minimum absolute atomic E-state index is 0.0359. The highest BCUT2D eigenvalue weighted by Gasteiger charge is 2.37. The van der Waals surface area contributed by atoms with Crippen LogP contribution in [0.25, 0.3) is 16.6 Å². The molecule has 3 heterocycles. The molecule has 2 aromatic heterocycles. The first-order valence-electron chi connectivity index (χ1n) is 12.9. The van der Waals surface area contributed by atoms with E-state index in [1.54, 1.807) is 42.2 Å². The minimum atomic E-state index is -4.71. The van der Waals surface area contributed by atoms with Gasteiger partial charge in [-0.1, -0.05) is 18.2 Å². The van der Waals surface area contributed by atoms with Crippen LogP contribution in [0.2, 0.25) is 0 Å². The number of aromatic nitrogens is 3. The lowest BCUT2D eigenvalue weighted by atomic mass is 10.0. The van der Waals surface area contributed by atoms with Crippen molar-refractivity contribution in [2.24, 2.45) is 0 Å². The highest BCUT2D eigenvalue weighted by Crippen LogP contribution is 2.37. The summed E-state index contributed by atoms with van der Waals surface area (Å²) in [7, 11) is 0. The number of ether oxygens (including phenoxy) is 1. The van der Waals surface area contributed by atoms with Crippen LogP contribution in [0.5, 0.6) is 0 Å². The van der Waals surface area contributed by atoms with Crippen LogP contribution in [-0.2, 0) is 10.9 Å². The number of alkyl halides is 5. The molecule has 1 saturated heterocycles. The number of rotatable bonds is 6. The molecule has 212 valence electrons. The van der Waals surface area contributed by atoms with E-state index in [2.05, 4.69) is 10.3 Å². The summed E-state index contributed by atoms with van der Waals surface area (Å²) < 4.78 is 75.5. The van der Waals surface area contributed by atoms with Crippen LogP contribution in [0.4, 0.5) is 33.6 Å². The van der Waals surface area contributed by atoms with Gasteiger partial charge in [0, 0.05) is 48.8 Å². The summed E-state index contributed by atoms with van der Waals surface area (Å²) in [5.41, 5.74) is 1.59. The zero-order valence-electron chi connectivity index (χ0n) is 22.1. The van der Waals surface area contributed by atoms with Crippen molar-refractivity contribution in [1.82, 2.24) is 14.4 Å². The molecule has 4 aromatic rings. The number of aryl methyl sites for hydroxylation is 1. The van der Waals surface area contributed by atoms with Gasteiger partial charge in [0.2, 0.25) is 5.95 Å². The molecule has 40 heavy (non-hydrogen) atoms. The molecule has 1 fully saturated rings. The second-order valence-corrected chi connectivity index (χ2v) is 9.95. The Hall–Kier alpha value is -3.96. The van der Waals surface area contributed by atoms with Gasteiger partial charge in [-0.25, -0.2) is 23.5 Å². The van der Waals surface area contributed by atoms with Gasteiger partial charge in [0.05, 0.1) is 23.7 Å². The molecule has 0 bridgehead atoms. The molecule has 1 aliphatic heterocycles. The van der Waals surface area contributed by atoms with Gasteiger partial charge >= 0.3 is 12.1 Å². The summed E-state index contributed by atoms with van der Waals surface area (Å²) in [6, 6.07) is 9.96. The van der Waals surface area contributed by atoms with E-state index < -0.39 is 42.6 Å². The Morgan fingerprint density at radius 1 is 1.15 bits per heavy atom. The highest BCUT2D eigenvalue weighted by molar-refractivity contribution is 5.97. The Balaban J connectivity index is 1.66. The number of fused-ring (bicyclic) bond motifs is 3. The Morgan fingerprint density at radius 3 is 2.52 bits per heavy atom. The third kappa shape index (κ3) is 5.26. The van der Waals surface area contributed by atoms with Crippen LogP contribution in [0.1, 0.15) is 59.9 Å². The fourth-order valence-electron chi connectivity index (χ4n) is 5.01. The minimum Gasteiger partial charge on any atom is -0.462 e. The fourth-order valence-corrected chi connectivity index (χ4v) is 5.01. The van der Waals surface area contributed by atoms with Crippen molar-refractivity contribution in [3.63, 3.8) is 0 Å². The SMILES string of the molecule is CCOC(=O)c1ccccc1N[C@H](C)c1cc(C)cc2c1nc(N1CCC(F)(F)CC1)n1cc(C(F)(F)F)nc21. The first-order chi connectivity index (χ1) is 18.9. The van der Waals surface area contributed by atoms with Gasteiger partial charge in [0.1, 0.15) is 5.65 Å². The zero-order chi connectivity index (χ0) is 28.8. The standard InChI is InChI=1S/C28H28F5N5O2/c1-4-40-25(39)18-7-5-6-8-21(18)34-17(3)19-13-16(2)14-20-23(19)36-26(37-11-9-27(29,30)10-12-37)38-15-22(28(31,32)33)35-24(20)38/h5-8,13-15,17,34H,4,9-12H2,1-3H3/t17-/m1/s1. The lowest BCUT2D eigenvalue weighted by Gasteiger charge is -2.33. The average molecular weight is 562 g/mol. The largest absolute Gasteiger partial charge is 0.462 e. The molecule has 1 N–H and O–H groups in total. The van der Waals surface area contributed by atoms with Crippen molar-refractivity contribution in [3.05, 3.63) is 65.0 Å². The monoisotopic (exact) mass is 561 g/mol. The quantitative estimate of drug-likeness (QED) is 0.206. The van der Waals surface area contributed by atoms with Crippen LogP contribution >= 0.6 is 0 Å². The second kappa shape index (κ2) is 10.2. The van der Waals surface area contributed by atoms with Crippen LogP contribution in [0, 0.1) is 6.92 Å². The third-order valence-electron chi connectivity index (χ3n) is 6.99. The van der Waals surface area contributed by atoms with Gasteiger partial charge in [-0.3, -0.25) is 4.40 Å². The molecular weight excluding hydrogens is 533 g/mol. The van der Waals surface area contributed by atoms with Crippen molar-refractivity contribution in [3.8, 4) is 0 Å². The van der Waals surface area contributed by atoms with Crippen LogP contribution in [0.3, 0.4) is 0 Å². The number of benzene rings is 2. The predicted octanol–water partition coefficient (Wildman–Crippen LogP) is 6.80. The molecule has 1 atom stereocenters. The van der Waals surface area contributed by atoms with Gasteiger partial charge in [-0.05, 0) is 44.5 Å². The number of imidazole rings is 1. The lowest BCUT2D eigenvalue weighted by molar-refractivity contribution is -0.140. The molecule has 12 heteroatoms. The lowest BCUT2D eigenvalue weighted by Crippen LogP contribution is -2.40. The molecule has 2 aromatic carbocycles. The van der Waals surface area contributed by atoms with Crippen molar-refractivity contribution in [2.45, 2.75) is 51.8 Å². The van der Waals surface area contributed by atoms with E-state index in [9.17, 15) is 26.7 Å². The smallest absolute Gasteiger partial charge is 0.434 e. The van der Waals surface area contributed by atoms with E-state index in [0.29, 0.717) is 27.7 Å². The number of hydrogen-bond donors (Lipinski definition) is 1. The average Bonchev–Trinajstić information content (AvgIpc) is 3.35. The van der Waals surface area contributed by atoms with Crippen LogP contribution < -0.4 is 10.2 Å². The number of piperidine rings is 1. The van der Waals surface area contributed by atoms with Gasteiger partial charge in [-0.2, -0.15) is 13.2 Å². The van der Waals surface area contributed by atoms with Crippen molar-refractivity contribution < 1.29 is 31.5 Å². The summed E-state index contributed by atoms with van der Waals surface area (Å²) in [6.07, 6.45) is -4.71. The third-order valence-corrected chi connectivity index (χ3v) is 6.99. The van der Waals surface area contributed by atoms with Gasteiger partial charge < -0.3 is 15.0 Å². The number of para-hydroxylation sites is 1. The summed E-state index contributed by atoms with van der Waals surface area (Å²) in [4.78, 5) is 22.8. The summed E-state index contributed by atoms with van der Waals surface area (Å²) in [6.45, 7) is 5.44. The first kappa shape index (κ1) is 27.6. The number of nitrogens with zero attached hydrogens (tertiary/aromatic N) is 4. The van der Waals surface area contributed by atoms with Gasteiger partial charge in [0.15, 0.2) is 5.69 Å². The number of carbonyl (C=O) groups excluding carboxylic acids is 1. The maximum absolute atomic E-state index is 13.9. The molecule has 0 unspecified atom stereocenters. The molecule has 0 saturated carbocycles. The highest BCUT2D eigenvalue weighted by atomic mass is 19.4. The van der Waals surface area contributed by atoms with E-state index in [-0.39, 0.29) is 31.3 Å². The maximum Gasteiger partial charge on any atom is 0.434 e. The fraction of sp³-hybridized carbons (Fsp3) is 0.393. The maximum atomic E-state index is 13.9. The van der Waals surface area contributed by atoms with E-state index >= 15 is 0 Å².